The largest absolute Gasteiger partial charge is 0.322 e. The summed E-state index contributed by atoms with van der Waals surface area (Å²) in [7, 11) is 0. The zero-order chi connectivity index (χ0) is 36.4. The molecule has 0 bridgehead atoms. The van der Waals surface area contributed by atoms with Gasteiger partial charge in [0.25, 0.3) is 11.8 Å². The van der Waals surface area contributed by atoms with E-state index in [2.05, 4.69) is 39.0 Å². The first-order chi connectivity index (χ1) is 25.2. The van der Waals surface area contributed by atoms with E-state index < -0.39 is 12.1 Å². The van der Waals surface area contributed by atoms with Gasteiger partial charge in [0.05, 0.1) is 6.67 Å². The minimum Gasteiger partial charge on any atom is -0.322 e. The second-order valence-corrected chi connectivity index (χ2v) is 14.8. The molecule has 53 heavy (non-hydrogen) atoms. The molecule has 8 rings (SSSR count). The normalized spacial score (nSPS) is 23.9. The molecule has 6 aliphatic rings. The predicted molar refractivity (Wildman–Crippen MR) is 196 cm³/mol. The molecule has 4 saturated heterocycles. The number of piperidine rings is 4. The zero-order valence-electron chi connectivity index (χ0n) is 29.9. The van der Waals surface area contributed by atoms with E-state index in [-0.39, 0.29) is 67.4 Å². The van der Waals surface area contributed by atoms with E-state index >= 15 is 0 Å². The minimum absolute atomic E-state index is 0. The third-order valence-corrected chi connectivity index (χ3v) is 11.6. The molecule has 2 aromatic rings. The fourth-order valence-corrected chi connectivity index (χ4v) is 8.63. The molecule has 2 unspecified atom stereocenters. The van der Waals surface area contributed by atoms with E-state index in [1.165, 1.54) is 11.1 Å². The van der Waals surface area contributed by atoms with Crippen LogP contribution in [0.2, 0.25) is 0 Å². The topological polar surface area (TPSA) is 148 Å². The van der Waals surface area contributed by atoms with Crippen molar-refractivity contribution in [3.63, 3.8) is 0 Å². The summed E-state index contributed by atoms with van der Waals surface area (Å²) in [6, 6.07) is 11.0. The van der Waals surface area contributed by atoms with Gasteiger partial charge in [-0.15, -0.1) is 12.4 Å². The number of benzene rings is 2. The lowest BCUT2D eigenvalue weighted by atomic mass is 9.88. The molecule has 0 aliphatic carbocycles. The molecule has 0 aromatic heterocycles. The third kappa shape index (κ3) is 8.32. The Balaban J connectivity index is 0.000000180. The first-order valence-corrected chi connectivity index (χ1v) is 18.7. The van der Waals surface area contributed by atoms with Crippen molar-refractivity contribution in [2.24, 2.45) is 0 Å². The quantitative estimate of drug-likeness (QED) is 0.366. The van der Waals surface area contributed by atoms with E-state index in [1.54, 1.807) is 9.80 Å². The summed E-state index contributed by atoms with van der Waals surface area (Å²) in [5, 5.41) is 8.04. The maximum absolute atomic E-state index is 12.8. The lowest BCUT2D eigenvalue weighted by Gasteiger charge is -2.32. The van der Waals surface area contributed by atoms with Gasteiger partial charge in [0.2, 0.25) is 23.6 Å². The second-order valence-electron chi connectivity index (χ2n) is 14.8. The van der Waals surface area contributed by atoms with Crippen molar-refractivity contribution in [1.29, 1.82) is 0 Å². The highest BCUT2D eigenvalue weighted by molar-refractivity contribution is 6.06. The van der Waals surface area contributed by atoms with Gasteiger partial charge in [0, 0.05) is 43.6 Å². The molecular formula is C39H48ClFN6O6. The third-order valence-electron chi connectivity index (χ3n) is 11.6. The Hall–Kier alpha value is -4.20. The van der Waals surface area contributed by atoms with Gasteiger partial charge in [-0.25, -0.2) is 0 Å². The van der Waals surface area contributed by atoms with Crippen molar-refractivity contribution in [2.45, 2.75) is 94.8 Å². The predicted octanol–water partition coefficient (Wildman–Crippen LogP) is 3.32. The summed E-state index contributed by atoms with van der Waals surface area (Å²) < 4.78 is 12.4. The fraction of sp³-hybridized carbons (Fsp3) is 0.538. The van der Waals surface area contributed by atoms with Crippen molar-refractivity contribution in [3.8, 4) is 0 Å². The summed E-state index contributed by atoms with van der Waals surface area (Å²) in [6.07, 6.45) is 6.25. The van der Waals surface area contributed by atoms with Crippen LogP contribution in [0.25, 0.3) is 0 Å². The number of hydrogen-bond acceptors (Lipinski definition) is 8. The van der Waals surface area contributed by atoms with Crippen LogP contribution in [0.1, 0.15) is 113 Å². The molecule has 14 heteroatoms. The van der Waals surface area contributed by atoms with Crippen LogP contribution >= 0.6 is 12.4 Å². The first kappa shape index (κ1) is 38.5. The number of hydrogen-bond donors (Lipinski definition) is 3. The summed E-state index contributed by atoms with van der Waals surface area (Å²) in [4.78, 5) is 77.9. The molecule has 6 heterocycles. The van der Waals surface area contributed by atoms with E-state index in [1.807, 2.05) is 18.2 Å². The minimum atomic E-state index is -0.570. The lowest BCUT2D eigenvalue weighted by molar-refractivity contribution is -0.138. The fourth-order valence-electron chi connectivity index (χ4n) is 8.63. The number of fused-ring (bicyclic) bond motifs is 2. The van der Waals surface area contributed by atoms with Crippen molar-refractivity contribution in [2.75, 3.05) is 39.4 Å². The zero-order valence-corrected chi connectivity index (χ0v) is 30.7. The number of rotatable bonds is 7. The number of halogens is 2. The maximum atomic E-state index is 12.8. The van der Waals surface area contributed by atoms with Gasteiger partial charge < -0.3 is 20.0 Å². The van der Waals surface area contributed by atoms with Crippen molar-refractivity contribution < 1.29 is 33.2 Å². The van der Waals surface area contributed by atoms with E-state index in [4.69, 9.17) is 0 Å². The Morgan fingerprint density at radius 3 is 1.57 bits per heavy atom. The lowest BCUT2D eigenvalue weighted by Crippen LogP contribution is -2.52. The molecule has 0 saturated carbocycles. The van der Waals surface area contributed by atoms with Crippen LogP contribution in [0.5, 0.6) is 0 Å². The standard InChI is InChI=1S/C21H26FN3O3.C18H21N3O3.ClH/c22-8-1-9-24-10-6-14(7-11-24)15-2-3-17-16(12-15)13-25(21(17)28)18-4-5-19(26)23-20(18)27;22-16-4-3-15(17(23)20-16)21-10-13-9-12(1-2-14(13)18(21)24)11-5-7-19-8-6-11;/h2-3,12,14,18H,1,4-11,13H2,(H,23,26,27);1-2,9,11,15,19H,3-8,10H2,(H,20,22,23);1H. The Labute approximate surface area is 315 Å². The molecular weight excluding hydrogens is 703 g/mol. The number of carbonyl (C=O) groups is 6. The van der Waals surface area contributed by atoms with Gasteiger partial charge in [-0.2, -0.15) is 0 Å². The average molecular weight is 751 g/mol. The molecule has 284 valence electrons. The van der Waals surface area contributed by atoms with Crippen LogP contribution < -0.4 is 16.0 Å². The number of nitrogens with one attached hydrogen (secondary N) is 3. The van der Waals surface area contributed by atoms with Crippen LogP contribution in [0, 0.1) is 0 Å². The van der Waals surface area contributed by atoms with Crippen molar-refractivity contribution >= 4 is 47.9 Å². The number of likely N-dealkylation sites (tertiary alicyclic amines) is 1. The number of imide groups is 2. The van der Waals surface area contributed by atoms with E-state index in [0.717, 1.165) is 69.5 Å². The van der Waals surface area contributed by atoms with Crippen molar-refractivity contribution in [3.05, 3.63) is 69.8 Å². The van der Waals surface area contributed by atoms with Crippen molar-refractivity contribution in [1.82, 2.24) is 30.7 Å². The maximum Gasteiger partial charge on any atom is 0.255 e. The molecule has 0 radical (unpaired) electrons. The van der Waals surface area contributed by atoms with E-state index in [0.29, 0.717) is 55.3 Å². The van der Waals surface area contributed by atoms with Gasteiger partial charge in [-0.1, -0.05) is 24.3 Å². The molecule has 3 N–H and O–H groups in total. The Kier molecular flexibility index (Phi) is 12.3. The van der Waals surface area contributed by atoms with Gasteiger partial charge in [0.1, 0.15) is 12.1 Å². The van der Waals surface area contributed by atoms with Crippen LogP contribution in [0.4, 0.5) is 4.39 Å². The van der Waals surface area contributed by atoms with Crippen LogP contribution in [-0.2, 0) is 32.3 Å². The summed E-state index contributed by atoms with van der Waals surface area (Å²) in [5.41, 5.74) is 5.84. The molecule has 6 amide bonds. The highest BCUT2D eigenvalue weighted by atomic mass is 35.5. The highest BCUT2D eigenvalue weighted by Gasteiger charge is 2.40. The SMILES string of the molecule is Cl.O=C1CCC(N2Cc3cc(C4CCN(CCCF)CC4)ccc3C2=O)C(=O)N1.O=C1CCC(N2Cc3cc(C4CCNCC4)ccc3C2=O)C(=O)N1. The van der Waals surface area contributed by atoms with Gasteiger partial charge >= 0.3 is 0 Å². The Morgan fingerprint density at radius 1 is 0.642 bits per heavy atom. The smallest absolute Gasteiger partial charge is 0.255 e. The number of amides is 6. The molecule has 4 fully saturated rings. The monoisotopic (exact) mass is 750 g/mol. The first-order valence-electron chi connectivity index (χ1n) is 18.7. The molecule has 6 aliphatic heterocycles. The Morgan fingerprint density at radius 2 is 1.11 bits per heavy atom. The summed E-state index contributed by atoms with van der Waals surface area (Å²) >= 11 is 0. The van der Waals surface area contributed by atoms with Gasteiger partial charge in [-0.3, -0.25) is 43.8 Å². The van der Waals surface area contributed by atoms with Crippen LogP contribution in [-0.4, -0.2) is 102 Å². The van der Waals surface area contributed by atoms with E-state index in [9.17, 15) is 33.2 Å². The molecule has 0 spiro atoms. The summed E-state index contributed by atoms with van der Waals surface area (Å²) in [5.74, 6) is -0.500. The number of alkyl halides is 1. The molecule has 2 aromatic carbocycles. The molecule has 2 atom stereocenters. The van der Waals surface area contributed by atoms with Crippen LogP contribution in [0.15, 0.2) is 36.4 Å². The Bertz CT molecular complexity index is 1760. The van der Waals surface area contributed by atoms with Gasteiger partial charge in [0.15, 0.2) is 0 Å². The molecule has 12 nitrogen and oxygen atoms in total. The van der Waals surface area contributed by atoms with Gasteiger partial charge in [-0.05, 0) is 117 Å². The number of carbonyl (C=O) groups excluding carboxylic acids is 6. The van der Waals surface area contributed by atoms with Crippen LogP contribution in [0.3, 0.4) is 0 Å². The number of nitrogens with zero attached hydrogens (tertiary/aromatic N) is 3. The average Bonchev–Trinajstić information content (AvgIpc) is 3.66. The summed E-state index contributed by atoms with van der Waals surface area (Å²) in [6.45, 7) is 5.45. The second kappa shape index (κ2) is 16.9. The highest BCUT2D eigenvalue weighted by Crippen LogP contribution is 2.35.